The summed E-state index contributed by atoms with van der Waals surface area (Å²) in [6, 6.07) is 6.41. The first-order valence-electron chi connectivity index (χ1n) is 19.0. The van der Waals surface area contributed by atoms with E-state index in [-0.39, 0.29) is 49.8 Å². The van der Waals surface area contributed by atoms with E-state index in [9.17, 15) is 14.7 Å². The predicted octanol–water partition coefficient (Wildman–Crippen LogP) is 2.47. The maximum absolute atomic E-state index is 15.2. The van der Waals surface area contributed by atoms with E-state index in [1.165, 1.54) is 0 Å². The van der Waals surface area contributed by atoms with Crippen LogP contribution in [0.4, 0.5) is 0 Å². The van der Waals surface area contributed by atoms with Crippen LogP contribution in [0.1, 0.15) is 75.3 Å². The lowest BCUT2D eigenvalue weighted by molar-refractivity contribution is -0.235. The number of benzene rings is 1. The molecule has 1 aromatic carbocycles. The van der Waals surface area contributed by atoms with Gasteiger partial charge in [0.1, 0.15) is 35.9 Å². The van der Waals surface area contributed by atoms with Gasteiger partial charge in [-0.2, -0.15) is 5.06 Å². The Hall–Kier alpha value is -2.87. The Morgan fingerprint density at radius 3 is 2.56 bits per heavy atom. The molecule has 268 valence electrons. The van der Waals surface area contributed by atoms with Gasteiger partial charge in [-0.05, 0) is 74.8 Å². The lowest BCUT2D eigenvalue weighted by Crippen LogP contribution is -2.70. The highest BCUT2D eigenvalue weighted by Gasteiger charge is 2.78. The number of hydrogen-bond acceptors (Lipinski definition) is 10. The van der Waals surface area contributed by atoms with E-state index in [0.29, 0.717) is 37.5 Å². The third-order valence-electron chi connectivity index (χ3n) is 13.1. The van der Waals surface area contributed by atoms with E-state index in [2.05, 4.69) is 23.5 Å². The number of aliphatic hydroxyl groups is 1. The number of amides is 2. The summed E-state index contributed by atoms with van der Waals surface area (Å²) in [5.41, 5.74) is 0.692. The van der Waals surface area contributed by atoms with Gasteiger partial charge in [0.2, 0.25) is 11.8 Å². The second-order valence-corrected chi connectivity index (χ2v) is 16.2. The van der Waals surface area contributed by atoms with E-state index in [1.54, 1.807) is 9.96 Å². The van der Waals surface area contributed by atoms with Gasteiger partial charge in [-0.3, -0.25) is 19.2 Å². The number of epoxide rings is 1. The van der Waals surface area contributed by atoms with Gasteiger partial charge in [-0.15, -0.1) is 0 Å². The number of carbonyl (C=O) groups excluding carboxylic acids is 3. The van der Waals surface area contributed by atoms with Crippen LogP contribution in [0.15, 0.2) is 30.3 Å². The summed E-state index contributed by atoms with van der Waals surface area (Å²) in [6.45, 7) is 0.595. The van der Waals surface area contributed by atoms with Crippen molar-refractivity contribution in [3.8, 4) is 0 Å². The summed E-state index contributed by atoms with van der Waals surface area (Å²) in [6.07, 6.45) is 11.5. The number of hydroxylamine groups is 2. The Bertz CT molecular complexity index is 1580. The van der Waals surface area contributed by atoms with Gasteiger partial charge in [0.15, 0.2) is 11.8 Å². The lowest BCUT2D eigenvalue weighted by Gasteiger charge is -2.50. The molecular weight excluding hydrogens is 642 g/mol. The van der Waals surface area contributed by atoms with Crippen molar-refractivity contribution in [3.05, 3.63) is 41.5 Å². The van der Waals surface area contributed by atoms with Crippen LogP contribution in [0.5, 0.6) is 0 Å². The molecule has 9 fully saturated rings. The number of aliphatic hydroxyl groups excluding tert-OH is 1. The number of nitrogens with zero attached hydrogens (tertiary/aromatic N) is 2. The lowest BCUT2D eigenvalue weighted by atomic mass is 9.62. The maximum Gasteiger partial charge on any atom is 0.327 e. The highest BCUT2D eigenvalue weighted by atomic mass is 16.8. The molecule has 0 spiro atoms. The molecule has 2 N–H and O–H groups in total. The fraction of sp³-hybridized carbons (Fsp3) is 0.711. The Morgan fingerprint density at radius 1 is 0.980 bits per heavy atom. The Labute approximate surface area is 291 Å². The van der Waals surface area contributed by atoms with Gasteiger partial charge in [0, 0.05) is 31.3 Å². The Balaban J connectivity index is 0.999. The first-order valence-corrected chi connectivity index (χ1v) is 19.0. The average Bonchev–Trinajstić information content (AvgIpc) is 4.08. The van der Waals surface area contributed by atoms with Crippen molar-refractivity contribution in [2.75, 3.05) is 19.7 Å². The third kappa shape index (κ3) is 4.96. The van der Waals surface area contributed by atoms with E-state index in [4.69, 9.17) is 23.8 Å². The zero-order valence-electron chi connectivity index (χ0n) is 28.3. The Morgan fingerprint density at radius 2 is 1.78 bits per heavy atom. The van der Waals surface area contributed by atoms with Gasteiger partial charge in [0.25, 0.3) is 0 Å². The minimum absolute atomic E-state index is 0.113. The summed E-state index contributed by atoms with van der Waals surface area (Å²) >= 11 is 0. The molecule has 1 aromatic rings. The molecule has 2 bridgehead atoms. The smallest absolute Gasteiger partial charge is 0.327 e. The van der Waals surface area contributed by atoms with E-state index in [0.717, 1.165) is 56.1 Å². The number of rotatable bonds is 10. The normalized spacial score (nSPS) is 41.2. The van der Waals surface area contributed by atoms with E-state index < -0.39 is 53.7 Å². The minimum Gasteiger partial charge on any atom is -0.458 e. The topological polar surface area (TPSA) is 139 Å². The molecule has 10 atom stereocenters. The number of esters is 1. The van der Waals surface area contributed by atoms with Crippen molar-refractivity contribution >= 4 is 23.9 Å². The van der Waals surface area contributed by atoms with Crippen LogP contribution in [0.3, 0.4) is 0 Å². The molecule has 5 aliphatic heterocycles. The van der Waals surface area contributed by atoms with Crippen LogP contribution in [0, 0.1) is 23.2 Å². The minimum atomic E-state index is -1.32. The number of fused-ring (bicyclic) bond motifs is 5. The SMILES string of the molecule is O=C(NCCO)C1CCCN1C(=O)C12CC3OC(=O)C1N(Cc1ccccc1C=CC1CCC4OC4C1)OC2C1OC(C2CC2)(C2CC2)OC31. The number of likely N-dealkylation sites (tertiary alicyclic amines) is 1. The van der Waals surface area contributed by atoms with Gasteiger partial charge >= 0.3 is 5.97 Å². The number of nitrogens with one attached hydrogen (secondary N) is 1. The van der Waals surface area contributed by atoms with Crippen molar-refractivity contribution < 1.29 is 43.3 Å². The molecule has 9 aliphatic rings. The van der Waals surface area contributed by atoms with Crippen molar-refractivity contribution in [1.82, 2.24) is 15.3 Å². The summed E-state index contributed by atoms with van der Waals surface area (Å²) < 4.78 is 25.9. The number of carbonyl (C=O) groups is 3. The van der Waals surface area contributed by atoms with Crippen LogP contribution in [-0.2, 0) is 44.7 Å². The molecule has 5 saturated heterocycles. The molecule has 0 aromatic heterocycles. The van der Waals surface area contributed by atoms with E-state index >= 15 is 4.79 Å². The summed E-state index contributed by atoms with van der Waals surface area (Å²) in [4.78, 5) is 51.3. The van der Waals surface area contributed by atoms with Crippen LogP contribution in [0.25, 0.3) is 6.08 Å². The number of ether oxygens (including phenoxy) is 4. The molecule has 12 nitrogen and oxygen atoms in total. The molecule has 0 radical (unpaired) electrons. The molecule has 2 amide bonds. The highest BCUT2D eigenvalue weighted by molar-refractivity contribution is 5.96. The standard InChI is InChI=1S/C38H47N3O9/c42-17-15-39-34(43)26-6-3-16-40(26)36(45)37-19-29-30-31(49-38(48-30,24-10-11-24)25-12-13-25)33(37)50-41(32(37)35(44)47-29)20-23-5-2-1-4-22(23)9-7-21-8-14-27-28(18-21)46-27/h1-2,4-5,7,9,21,24-33,42H,3,6,8,10-20H2,(H,39,43). The van der Waals surface area contributed by atoms with Crippen LogP contribution in [0.2, 0.25) is 0 Å². The van der Waals surface area contributed by atoms with Crippen molar-refractivity contribution in [2.45, 2.75) is 125 Å². The van der Waals surface area contributed by atoms with Crippen LogP contribution >= 0.6 is 0 Å². The quantitative estimate of drug-likeness (QED) is 0.278. The largest absolute Gasteiger partial charge is 0.458 e. The third-order valence-corrected chi connectivity index (χ3v) is 13.1. The van der Waals surface area contributed by atoms with Gasteiger partial charge in [-0.25, -0.2) is 0 Å². The average molecular weight is 690 g/mol. The summed E-state index contributed by atoms with van der Waals surface area (Å²) in [5.74, 6) is -0.756. The van der Waals surface area contributed by atoms with Gasteiger partial charge < -0.3 is 34.3 Å². The zero-order valence-corrected chi connectivity index (χ0v) is 28.3. The zero-order chi connectivity index (χ0) is 33.8. The van der Waals surface area contributed by atoms with Crippen LogP contribution < -0.4 is 5.32 Å². The van der Waals surface area contributed by atoms with E-state index in [1.807, 2.05) is 18.2 Å². The number of allylic oxidation sites excluding steroid dienone is 1. The number of hydrogen-bond donors (Lipinski definition) is 2. The van der Waals surface area contributed by atoms with Gasteiger partial charge in [-0.1, -0.05) is 36.4 Å². The fourth-order valence-electron chi connectivity index (χ4n) is 10.4. The summed E-state index contributed by atoms with van der Waals surface area (Å²) in [5, 5.41) is 13.8. The molecule has 4 aliphatic carbocycles. The molecule has 12 heteroatoms. The molecular formula is C38H47N3O9. The van der Waals surface area contributed by atoms with Gasteiger partial charge in [0.05, 0.1) is 25.4 Å². The molecule has 10 unspecified atom stereocenters. The summed E-state index contributed by atoms with van der Waals surface area (Å²) in [7, 11) is 0. The first-order chi connectivity index (χ1) is 24.4. The molecule has 10 rings (SSSR count). The Kier molecular flexibility index (Phi) is 7.53. The predicted molar refractivity (Wildman–Crippen MR) is 175 cm³/mol. The molecule has 4 saturated carbocycles. The molecule has 50 heavy (non-hydrogen) atoms. The van der Waals surface area contributed by atoms with Crippen molar-refractivity contribution in [3.63, 3.8) is 0 Å². The second kappa shape index (κ2) is 11.8. The highest BCUT2D eigenvalue weighted by Crippen LogP contribution is 2.64. The second-order valence-electron chi connectivity index (χ2n) is 16.2. The molecule has 5 heterocycles. The maximum atomic E-state index is 15.2. The monoisotopic (exact) mass is 689 g/mol. The fourth-order valence-corrected chi connectivity index (χ4v) is 10.4. The van der Waals surface area contributed by atoms with Crippen molar-refractivity contribution in [1.29, 1.82) is 0 Å². The van der Waals surface area contributed by atoms with Crippen molar-refractivity contribution in [2.24, 2.45) is 23.2 Å². The first kappa shape index (κ1) is 31.8. The van der Waals surface area contributed by atoms with Crippen LogP contribution in [-0.4, -0.2) is 107 Å².